The van der Waals surface area contributed by atoms with Crippen LogP contribution in [0.1, 0.15) is 24.0 Å². The minimum atomic E-state index is -0.733. The van der Waals surface area contributed by atoms with E-state index in [1.165, 1.54) is 23.9 Å². The molecule has 0 saturated heterocycles. The zero-order valence-corrected chi connectivity index (χ0v) is 20.7. The van der Waals surface area contributed by atoms with Gasteiger partial charge in [0.15, 0.2) is 5.16 Å². The minimum absolute atomic E-state index is 0.0906. The molecule has 0 saturated carbocycles. The van der Waals surface area contributed by atoms with E-state index >= 15 is 0 Å². The van der Waals surface area contributed by atoms with Crippen LogP contribution in [0.15, 0.2) is 82.2 Å². The van der Waals surface area contributed by atoms with Crippen LogP contribution in [0.5, 0.6) is 11.5 Å². The van der Waals surface area contributed by atoms with Gasteiger partial charge in [0.25, 0.3) is 5.69 Å². The number of H-pyrrole nitrogens is 1. The van der Waals surface area contributed by atoms with Crippen molar-refractivity contribution in [2.75, 3.05) is 13.7 Å². The molecule has 0 radical (unpaired) electrons. The number of nitrogens with zero attached hydrogens (tertiary/aromatic N) is 2. The SMILES string of the molecule is CCOC(=O)C1=C(N)Oc2ccc(Sc3nc4ccc(OC)cc4[nH]3)cc2C1c1cccc([N+](=O)[O-])c1. The molecule has 1 aromatic heterocycles. The summed E-state index contributed by atoms with van der Waals surface area (Å²) in [6.45, 7) is 1.82. The number of nitro benzene ring substituents is 1. The Balaban J connectivity index is 1.58. The van der Waals surface area contributed by atoms with Crippen molar-refractivity contribution < 1.29 is 23.9 Å². The highest BCUT2D eigenvalue weighted by molar-refractivity contribution is 7.99. The van der Waals surface area contributed by atoms with Crippen molar-refractivity contribution in [2.24, 2.45) is 5.73 Å². The average Bonchev–Trinajstić information content (AvgIpc) is 3.29. The number of fused-ring (bicyclic) bond motifs is 2. The maximum absolute atomic E-state index is 12.9. The second kappa shape index (κ2) is 9.86. The number of non-ortho nitro benzene ring substituents is 1. The number of hydrogen-bond acceptors (Lipinski definition) is 9. The second-order valence-corrected chi connectivity index (χ2v) is 9.17. The van der Waals surface area contributed by atoms with Gasteiger partial charge in [-0.25, -0.2) is 9.78 Å². The van der Waals surface area contributed by atoms with Crippen LogP contribution in [-0.4, -0.2) is 34.6 Å². The lowest BCUT2D eigenvalue weighted by atomic mass is 9.83. The molecule has 2 heterocycles. The van der Waals surface area contributed by atoms with Crippen LogP contribution >= 0.6 is 11.8 Å². The Kier molecular flexibility index (Phi) is 6.45. The first-order valence-corrected chi connectivity index (χ1v) is 12.1. The number of nitro groups is 1. The third-order valence-corrected chi connectivity index (χ3v) is 6.73. The number of esters is 1. The number of nitrogens with two attached hydrogens (primary N) is 1. The van der Waals surface area contributed by atoms with Crippen molar-refractivity contribution in [2.45, 2.75) is 22.9 Å². The average molecular weight is 519 g/mol. The van der Waals surface area contributed by atoms with Gasteiger partial charge in [0.1, 0.15) is 17.1 Å². The molecule has 11 heteroatoms. The smallest absolute Gasteiger partial charge is 0.340 e. The highest BCUT2D eigenvalue weighted by Gasteiger charge is 2.36. The number of carbonyl (C=O) groups excluding carboxylic acids is 1. The third kappa shape index (κ3) is 4.68. The summed E-state index contributed by atoms with van der Waals surface area (Å²) in [5.41, 5.74) is 8.92. The largest absolute Gasteiger partial charge is 0.497 e. The number of imidazole rings is 1. The molecule has 5 rings (SSSR count). The molecule has 1 aliphatic rings. The fraction of sp³-hybridized carbons (Fsp3) is 0.154. The summed E-state index contributed by atoms with van der Waals surface area (Å²) < 4.78 is 16.3. The van der Waals surface area contributed by atoms with E-state index in [1.807, 2.05) is 30.3 Å². The third-order valence-electron chi connectivity index (χ3n) is 5.86. The Morgan fingerprint density at radius 1 is 1.22 bits per heavy atom. The first-order chi connectivity index (χ1) is 17.9. The Bertz CT molecular complexity index is 1560. The van der Waals surface area contributed by atoms with Gasteiger partial charge in [-0.05, 0) is 42.8 Å². The molecular formula is C26H22N4O6S. The summed E-state index contributed by atoms with van der Waals surface area (Å²) >= 11 is 1.39. The first-order valence-electron chi connectivity index (χ1n) is 11.3. The van der Waals surface area contributed by atoms with E-state index in [-0.39, 0.29) is 23.8 Å². The van der Waals surface area contributed by atoms with E-state index in [9.17, 15) is 14.9 Å². The monoisotopic (exact) mass is 518 g/mol. The van der Waals surface area contributed by atoms with E-state index in [1.54, 1.807) is 32.2 Å². The van der Waals surface area contributed by atoms with Crippen molar-refractivity contribution in [1.29, 1.82) is 0 Å². The number of aromatic nitrogens is 2. The van der Waals surface area contributed by atoms with Crippen molar-refractivity contribution in [3.05, 3.63) is 93.4 Å². The number of carbonyl (C=O) groups is 1. The van der Waals surface area contributed by atoms with Gasteiger partial charge in [-0.15, -0.1) is 0 Å². The summed E-state index contributed by atoms with van der Waals surface area (Å²) in [4.78, 5) is 32.6. The maximum atomic E-state index is 12.9. The maximum Gasteiger partial charge on any atom is 0.340 e. The molecule has 0 fully saturated rings. The van der Waals surface area contributed by atoms with Crippen molar-refractivity contribution >= 4 is 34.5 Å². The number of ether oxygens (including phenoxy) is 3. The molecular weight excluding hydrogens is 496 g/mol. The Morgan fingerprint density at radius 3 is 2.81 bits per heavy atom. The second-order valence-electron chi connectivity index (χ2n) is 8.11. The van der Waals surface area contributed by atoms with Crippen LogP contribution < -0.4 is 15.2 Å². The zero-order chi connectivity index (χ0) is 26.1. The van der Waals surface area contributed by atoms with Crippen LogP contribution in [0.25, 0.3) is 11.0 Å². The van der Waals surface area contributed by atoms with Gasteiger partial charge in [0.05, 0.1) is 35.6 Å². The number of nitrogens with one attached hydrogen (secondary N) is 1. The molecule has 0 aliphatic carbocycles. The number of aromatic amines is 1. The van der Waals surface area contributed by atoms with Gasteiger partial charge in [0.2, 0.25) is 5.88 Å². The van der Waals surface area contributed by atoms with Crippen LogP contribution in [-0.2, 0) is 9.53 Å². The summed E-state index contributed by atoms with van der Waals surface area (Å²) in [7, 11) is 1.60. The van der Waals surface area contributed by atoms with Gasteiger partial charge in [0, 0.05) is 28.7 Å². The molecule has 1 atom stereocenters. The molecule has 0 amide bonds. The molecule has 1 aliphatic heterocycles. The Morgan fingerprint density at radius 2 is 2.05 bits per heavy atom. The summed E-state index contributed by atoms with van der Waals surface area (Å²) in [6.07, 6.45) is 0. The molecule has 188 valence electrons. The Hall–Kier alpha value is -4.51. The quantitative estimate of drug-likeness (QED) is 0.199. The van der Waals surface area contributed by atoms with Crippen LogP contribution in [0.2, 0.25) is 0 Å². The fourth-order valence-corrected chi connectivity index (χ4v) is 5.07. The lowest BCUT2D eigenvalue weighted by Gasteiger charge is -2.28. The molecule has 0 bridgehead atoms. The van der Waals surface area contributed by atoms with Crippen LogP contribution in [0.4, 0.5) is 5.69 Å². The summed E-state index contributed by atoms with van der Waals surface area (Å²) in [5, 5.41) is 12.1. The highest BCUT2D eigenvalue weighted by Crippen LogP contribution is 2.45. The molecule has 10 nitrogen and oxygen atoms in total. The molecule has 3 aromatic carbocycles. The van der Waals surface area contributed by atoms with E-state index in [0.29, 0.717) is 27.8 Å². The van der Waals surface area contributed by atoms with Gasteiger partial charge in [-0.1, -0.05) is 23.9 Å². The zero-order valence-electron chi connectivity index (χ0n) is 19.9. The molecule has 1 unspecified atom stereocenters. The minimum Gasteiger partial charge on any atom is -0.497 e. The van der Waals surface area contributed by atoms with Gasteiger partial charge >= 0.3 is 5.97 Å². The van der Waals surface area contributed by atoms with E-state index in [2.05, 4.69) is 9.97 Å². The predicted octanol–water partition coefficient (Wildman–Crippen LogP) is 4.89. The molecule has 4 aromatic rings. The molecule has 0 spiro atoms. The van der Waals surface area contributed by atoms with Crippen molar-refractivity contribution in [3.8, 4) is 11.5 Å². The standard InChI is InChI=1S/C26H22N4O6S/c1-3-35-25(31)23-22(14-5-4-6-15(11-14)30(32)33)18-13-17(8-10-21(18)36-24(23)27)37-26-28-19-9-7-16(34-2)12-20(19)29-26/h4-13,22H,3,27H2,1-2H3,(H,28,29). The highest BCUT2D eigenvalue weighted by atomic mass is 32.2. The normalized spacial score (nSPS) is 14.7. The first kappa shape index (κ1) is 24.2. The molecule has 3 N–H and O–H groups in total. The summed E-state index contributed by atoms with van der Waals surface area (Å²) in [6, 6.07) is 17.1. The Labute approximate surface area is 215 Å². The van der Waals surface area contributed by atoms with Gasteiger partial charge in [-0.3, -0.25) is 10.1 Å². The summed E-state index contributed by atoms with van der Waals surface area (Å²) in [5.74, 6) is -0.321. The lowest BCUT2D eigenvalue weighted by Crippen LogP contribution is -2.27. The predicted molar refractivity (Wildman–Crippen MR) is 137 cm³/mol. The van der Waals surface area contributed by atoms with Gasteiger partial charge in [-0.2, -0.15) is 0 Å². The van der Waals surface area contributed by atoms with Gasteiger partial charge < -0.3 is 24.9 Å². The van der Waals surface area contributed by atoms with Crippen molar-refractivity contribution in [3.63, 3.8) is 0 Å². The van der Waals surface area contributed by atoms with Crippen LogP contribution in [0.3, 0.4) is 0 Å². The van der Waals surface area contributed by atoms with Crippen molar-refractivity contribution in [1.82, 2.24) is 9.97 Å². The van der Waals surface area contributed by atoms with E-state index < -0.39 is 16.8 Å². The van der Waals surface area contributed by atoms with E-state index in [0.717, 1.165) is 15.9 Å². The number of hydrogen-bond donors (Lipinski definition) is 2. The fourth-order valence-electron chi connectivity index (χ4n) is 4.22. The number of benzene rings is 3. The topological polar surface area (TPSA) is 143 Å². The molecule has 37 heavy (non-hydrogen) atoms. The lowest BCUT2D eigenvalue weighted by molar-refractivity contribution is -0.384. The number of rotatable bonds is 7. The van der Waals surface area contributed by atoms with Crippen LogP contribution in [0, 0.1) is 10.1 Å². The van der Waals surface area contributed by atoms with E-state index in [4.69, 9.17) is 19.9 Å². The number of methoxy groups -OCH3 is 1.